The van der Waals surface area contributed by atoms with E-state index in [1.807, 2.05) is 19.2 Å². The molecular formula is C13H18BrNO2. The summed E-state index contributed by atoms with van der Waals surface area (Å²) in [7, 11) is 3.67. The zero-order chi connectivity index (χ0) is 12.3. The number of nitrogens with one attached hydrogen (secondary N) is 1. The minimum Gasteiger partial charge on any atom is -0.496 e. The zero-order valence-electron chi connectivity index (χ0n) is 10.2. The maximum atomic E-state index is 5.77. The molecule has 1 aromatic carbocycles. The number of rotatable bonds is 4. The van der Waals surface area contributed by atoms with Gasteiger partial charge in [0.2, 0.25) is 0 Å². The molecule has 0 aliphatic carbocycles. The van der Waals surface area contributed by atoms with Gasteiger partial charge in [0.15, 0.2) is 0 Å². The molecule has 0 radical (unpaired) electrons. The lowest BCUT2D eigenvalue weighted by atomic mass is 9.98. The normalized spacial score (nSPS) is 21.5. The molecule has 1 saturated heterocycles. The first-order chi connectivity index (χ1) is 8.26. The van der Waals surface area contributed by atoms with Crippen molar-refractivity contribution in [1.82, 2.24) is 5.32 Å². The molecule has 0 bridgehead atoms. The topological polar surface area (TPSA) is 30.5 Å². The van der Waals surface area contributed by atoms with E-state index in [0.717, 1.165) is 35.2 Å². The SMILES string of the molecule is CNC(c1cc(Br)ccc1OC)C1CCCO1. The predicted molar refractivity (Wildman–Crippen MR) is 71.5 cm³/mol. The fourth-order valence-corrected chi connectivity index (χ4v) is 2.73. The summed E-state index contributed by atoms with van der Waals surface area (Å²) in [6.07, 6.45) is 2.48. The van der Waals surface area contributed by atoms with Crippen LogP contribution < -0.4 is 10.1 Å². The first kappa shape index (κ1) is 12.9. The number of hydrogen-bond acceptors (Lipinski definition) is 3. The summed E-state index contributed by atoms with van der Waals surface area (Å²) < 4.78 is 12.3. The Kier molecular flexibility index (Phi) is 4.42. The number of likely N-dealkylation sites (N-methyl/N-ethyl adjacent to an activating group) is 1. The predicted octanol–water partition coefficient (Wildman–Crippen LogP) is 2.90. The van der Waals surface area contributed by atoms with Crippen molar-refractivity contribution in [3.05, 3.63) is 28.2 Å². The Morgan fingerprint density at radius 1 is 1.53 bits per heavy atom. The van der Waals surface area contributed by atoms with Gasteiger partial charge in [-0.15, -0.1) is 0 Å². The molecule has 1 heterocycles. The molecule has 1 aliphatic heterocycles. The summed E-state index contributed by atoms with van der Waals surface area (Å²) in [5.41, 5.74) is 1.15. The second-order valence-electron chi connectivity index (χ2n) is 4.20. The van der Waals surface area contributed by atoms with E-state index in [0.29, 0.717) is 0 Å². The minimum absolute atomic E-state index is 0.185. The van der Waals surface area contributed by atoms with Crippen LogP contribution in [-0.4, -0.2) is 26.9 Å². The zero-order valence-corrected chi connectivity index (χ0v) is 11.8. The molecule has 0 spiro atoms. The molecule has 1 aliphatic rings. The highest BCUT2D eigenvalue weighted by Crippen LogP contribution is 2.34. The molecule has 94 valence electrons. The van der Waals surface area contributed by atoms with Gasteiger partial charge < -0.3 is 14.8 Å². The van der Waals surface area contributed by atoms with Gasteiger partial charge in [-0.05, 0) is 38.1 Å². The smallest absolute Gasteiger partial charge is 0.123 e. The first-order valence-electron chi connectivity index (χ1n) is 5.88. The lowest BCUT2D eigenvalue weighted by Crippen LogP contribution is -2.29. The minimum atomic E-state index is 0.185. The second kappa shape index (κ2) is 5.85. The van der Waals surface area contributed by atoms with Crippen LogP contribution in [0.15, 0.2) is 22.7 Å². The van der Waals surface area contributed by atoms with Gasteiger partial charge in [0.1, 0.15) is 5.75 Å². The lowest BCUT2D eigenvalue weighted by molar-refractivity contribution is 0.0799. The monoisotopic (exact) mass is 299 g/mol. The van der Waals surface area contributed by atoms with Crippen LogP contribution in [0.3, 0.4) is 0 Å². The van der Waals surface area contributed by atoms with Crippen LogP contribution >= 0.6 is 15.9 Å². The van der Waals surface area contributed by atoms with Crippen LogP contribution in [0.4, 0.5) is 0 Å². The number of halogens is 1. The molecular weight excluding hydrogens is 282 g/mol. The van der Waals surface area contributed by atoms with Crippen molar-refractivity contribution in [3.63, 3.8) is 0 Å². The van der Waals surface area contributed by atoms with Gasteiger partial charge in [0.05, 0.1) is 19.3 Å². The highest BCUT2D eigenvalue weighted by molar-refractivity contribution is 9.10. The molecule has 3 nitrogen and oxygen atoms in total. The summed E-state index contributed by atoms with van der Waals surface area (Å²) in [4.78, 5) is 0. The average Bonchev–Trinajstić information content (AvgIpc) is 2.84. The van der Waals surface area contributed by atoms with Crippen molar-refractivity contribution in [1.29, 1.82) is 0 Å². The quantitative estimate of drug-likeness (QED) is 0.927. The van der Waals surface area contributed by atoms with E-state index in [1.165, 1.54) is 0 Å². The van der Waals surface area contributed by atoms with E-state index in [4.69, 9.17) is 9.47 Å². The van der Waals surface area contributed by atoms with E-state index >= 15 is 0 Å². The summed E-state index contributed by atoms with van der Waals surface area (Å²) in [6, 6.07) is 6.26. The molecule has 17 heavy (non-hydrogen) atoms. The molecule has 1 N–H and O–H groups in total. The van der Waals surface area contributed by atoms with Crippen LogP contribution in [0, 0.1) is 0 Å². The number of hydrogen-bond donors (Lipinski definition) is 1. The van der Waals surface area contributed by atoms with Gasteiger partial charge in [0, 0.05) is 16.6 Å². The molecule has 2 rings (SSSR count). The van der Waals surface area contributed by atoms with Crippen LogP contribution in [0.1, 0.15) is 24.4 Å². The van der Waals surface area contributed by atoms with Gasteiger partial charge in [-0.2, -0.15) is 0 Å². The fourth-order valence-electron chi connectivity index (χ4n) is 2.36. The third-order valence-corrected chi connectivity index (χ3v) is 3.67. The Morgan fingerprint density at radius 2 is 2.35 bits per heavy atom. The Bertz CT molecular complexity index is 378. The maximum absolute atomic E-state index is 5.77. The first-order valence-corrected chi connectivity index (χ1v) is 6.68. The Hall–Kier alpha value is -0.580. The summed E-state index contributed by atoms with van der Waals surface area (Å²) in [6.45, 7) is 0.860. The molecule has 1 fully saturated rings. The van der Waals surface area contributed by atoms with E-state index in [9.17, 15) is 0 Å². The molecule has 2 atom stereocenters. The highest BCUT2D eigenvalue weighted by Gasteiger charge is 2.28. The molecule has 1 aromatic rings. The van der Waals surface area contributed by atoms with Crippen molar-refractivity contribution in [2.45, 2.75) is 25.0 Å². The summed E-state index contributed by atoms with van der Waals surface area (Å²) in [5, 5.41) is 3.34. The number of methoxy groups -OCH3 is 1. The third kappa shape index (κ3) is 2.81. The standard InChI is InChI=1S/C13H18BrNO2/c1-15-13(12-4-3-7-17-12)10-8-9(14)5-6-11(10)16-2/h5-6,8,12-13,15H,3-4,7H2,1-2H3. The van der Waals surface area contributed by atoms with Gasteiger partial charge in [-0.25, -0.2) is 0 Å². The van der Waals surface area contributed by atoms with Gasteiger partial charge in [0.25, 0.3) is 0 Å². The maximum Gasteiger partial charge on any atom is 0.123 e. The molecule has 2 unspecified atom stereocenters. The molecule has 0 saturated carbocycles. The van der Waals surface area contributed by atoms with Gasteiger partial charge in [-0.3, -0.25) is 0 Å². The largest absolute Gasteiger partial charge is 0.496 e. The van der Waals surface area contributed by atoms with Crippen LogP contribution in [0.5, 0.6) is 5.75 Å². The number of benzene rings is 1. The second-order valence-corrected chi connectivity index (χ2v) is 5.12. The van der Waals surface area contributed by atoms with Gasteiger partial charge in [-0.1, -0.05) is 15.9 Å². The van der Waals surface area contributed by atoms with E-state index in [-0.39, 0.29) is 12.1 Å². The Morgan fingerprint density at radius 3 is 2.94 bits per heavy atom. The van der Waals surface area contributed by atoms with E-state index in [2.05, 4.69) is 27.3 Å². The highest BCUT2D eigenvalue weighted by atomic mass is 79.9. The fraction of sp³-hybridized carbons (Fsp3) is 0.538. The third-order valence-electron chi connectivity index (χ3n) is 3.17. The molecule has 4 heteroatoms. The van der Waals surface area contributed by atoms with Crippen molar-refractivity contribution in [2.75, 3.05) is 20.8 Å². The van der Waals surface area contributed by atoms with Crippen LogP contribution in [-0.2, 0) is 4.74 Å². The van der Waals surface area contributed by atoms with Crippen molar-refractivity contribution >= 4 is 15.9 Å². The van der Waals surface area contributed by atoms with E-state index < -0.39 is 0 Å². The Labute approximate surface area is 111 Å². The lowest BCUT2D eigenvalue weighted by Gasteiger charge is -2.24. The van der Waals surface area contributed by atoms with Crippen molar-refractivity contribution < 1.29 is 9.47 Å². The molecule has 0 amide bonds. The van der Waals surface area contributed by atoms with Gasteiger partial charge >= 0.3 is 0 Å². The van der Waals surface area contributed by atoms with Crippen LogP contribution in [0.25, 0.3) is 0 Å². The van der Waals surface area contributed by atoms with E-state index in [1.54, 1.807) is 7.11 Å². The van der Waals surface area contributed by atoms with Crippen LogP contribution in [0.2, 0.25) is 0 Å². The molecule has 0 aromatic heterocycles. The summed E-state index contributed by atoms with van der Waals surface area (Å²) >= 11 is 3.51. The van der Waals surface area contributed by atoms with Crippen molar-refractivity contribution in [2.24, 2.45) is 0 Å². The Balaban J connectivity index is 2.31. The number of ether oxygens (including phenoxy) is 2. The average molecular weight is 300 g/mol. The van der Waals surface area contributed by atoms with Crippen molar-refractivity contribution in [3.8, 4) is 5.75 Å². The summed E-state index contributed by atoms with van der Waals surface area (Å²) in [5.74, 6) is 0.906.